The summed E-state index contributed by atoms with van der Waals surface area (Å²) in [5.74, 6) is 2.58. The fraction of sp³-hybridized carbons (Fsp3) is 0.615. The average Bonchev–Trinajstić information content (AvgIpc) is 2.32. The van der Waals surface area contributed by atoms with Gasteiger partial charge < -0.3 is 4.90 Å². The number of carbonyl (C=O) groups is 1. The fourth-order valence-electron chi connectivity index (χ4n) is 2.33. The highest BCUT2D eigenvalue weighted by atomic mass is 35.5. The van der Waals surface area contributed by atoms with Gasteiger partial charge in [0.25, 0.3) is 0 Å². The quantitative estimate of drug-likeness (QED) is 0.611. The molecule has 98 valence electrons. The normalized spacial score (nSPS) is 24.1. The van der Waals surface area contributed by atoms with Crippen LogP contribution in [0.2, 0.25) is 5.15 Å². The van der Waals surface area contributed by atoms with Crippen molar-refractivity contribution in [2.75, 3.05) is 18.0 Å². The van der Waals surface area contributed by atoms with E-state index in [0.717, 1.165) is 25.8 Å². The minimum Gasteiger partial charge on any atom is -0.356 e. The molecular formula is C13H18ClN3O. The second-order valence-corrected chi connectivity index (χ2v) is 5.46. The van der Waals surface area contributed by atoms with Gasteiger partial charge in [-0.25, -0.2) is 9.97 Å². The Morgan fingerprint density at radius 1 is 1.33 bits per heavy atom. The molecule has 0 radical (unpaired) electrons. The van der Waals surface area contributed by atoms with E-state index in [2.05, 4.69) is 28.7 Å². The summed E-state index contributed by atoms with van der Waals surface area (Å²) in [6.45, 7) is 8.11. The van der Waals surface area contributed by atoms with E-state index in [-0.39, 0.29) is 5.15 Å². The molecular weight excluding hydrogens is 250 g/mol. The Morgan fingerprint density at radius 2 is 2.06 bits per heavy atom. The summed E-state index contributed by atoms with van der Waals surface area (Å²) < 4.78 is 0. The lowest BCUT2D eigenvalue weighted by Crippen LogP contribution is -2.39. The molecule has 1 saturated heterocycles. The topological polar surface area (TPSA) is 46.1 Å². The Morgan fingerprint density at radius 3 is 2.67 bits per heavy atom. The molecule has 1 aromatic rings. The van der Waals surface area contributed by atoms with Gasteiger partial charge in [0.1, 0.15) is 16.8 Å². The van der Waals surface area contributed by atoms with E-state index in [1.807, 2.05) is 0 Å². The average molecular weight is 268 g/mol. The van der Waals surface area contributed by atoms with E-state index in [4.69, 9.17) is 11.6 Å². The Kier molecular flexibility index (Phi) is 3.85. The van der Waals surface area contributed by atoms with Gasteiger partial charge in [0.2, 0.25) is 0 Å². The van der Waals surface area contributed by atoms with Gasteiger partial charge in [-0.2, -0.15) is 0 Å². The number of hydrogen-bond acceptors (Lipinski definition) is 4. The van der Waals surface area contributed by atoms with Crippen LogP contribution in [0.25, 0.3) is 0 Å². The molecule has 4 nitrogen and oxygen atoms in total. The Balaban J connectivity index is 2.35. The van der Waals surface area contributed by atoms with Crippen molar-refractivity contribution < 1.29 is 4.79 Å². The highest BCUT2D eigenvalue weighted by Crippen LogP contribution is 2.29. The molecule has 0 amide bonds. The first-order valence-corrected chi connectivity index (χ1v) is 6.65. The first-order chi connectivity index (χ1) is 8.52. The summed E-state index contributed by atoms with van der Waals surface area (Å²) in [5.41, 5.74) is 0.406. The van der Waals surface area contributed by atoms with Gasteiger partial charge in [-0.05, 0) is 25.2 Å². The number of carbonyl (C=O) groups excluding carboxylic acids is 1. The number of rotatable bonds is 2. The first-order valence-electron chi connectivity index (χ1n) is 6.27. The van der Waals surface area contributed by atoms with E-state index in [0.29, 0.717) is 29.0 Å². The van der Waals surface area contributed by atoms with Crippen molar-refractivity contribution in [1.29, 1.82) is 0 Å². The van der Waals surface area contributed by atoms with Gasteiger partial charge in [0, 0.05) is 13.1 Å². The van der Waals surface area contributed by atoms with Crippen LogP contribution in [0.3, 0.4) is 0 Å². The molecule has 2 unspecified atom stereocenters. The molecule has 1 fully saturated rings. The number of halogens is 1. The van der Waals surface area contributed by atoms with Crippen molar-refractivity contribution in [1.82, 2.24) is 9.97 Å². The molecule has 2 heterocycles. The molecule has 0 saturated carbocycles. The van der Waals surface area contributed by atoms with Crippen LogP contribution in [-0.2, 0) is 0 Å². The standard InChI is InChI=1S/C13H18ClN3O/c1-8-4-5-17(6-9(8)2)13-11(7-18)12(14)15-10(3)16-13/h7-9H,4-6H2,1-3H3. The van der Waals surface area contributed by atoms with Crippen LogP contribution in [0.4, 0.5) is 5.82 Å². The third-order valence-corrected chi connectivity index (χ3v) is 4.03. The van der Waals surface area contributed by atoms with Crippen LogP contribution < -0.4 is 4.90 Å². The van der Waals surface area contributed by atoms with Gasteiger partial charge in [-0.3, -0.25) is 4.79 Å². The Labute approximate surface area is 112 Å². The lowest BCUT2D eigenvalue weighted by atomic mass is 9.88. The SMILES string of the molecule is Cc1nc(Cl)c(C=O)c(N2CCC(C)C(C)C2)n1. The summed E-state index contributed by atoms with van der Waals surface area (Å²) in [5, 5.41) is 0.249. The molecule has 1 aliphatic rings. The second kappa shape index (κ2) is 5.22. The van der Waals surface area contributed by atoms with Crippen molar-refractivity contribution in [3.8, 4) is 0 Å². The van der Waals surface area contributed by atoms with Gasteiger partial charge in [0.05, 0.1) is 5.56 Å². The first kappa shape index (κ1) is 13.3. The molecule has 2 atom stereocenters. The molecule has 0 bridgehead atoms. The maximum Gasteiger partial charge on any atom is 0.156 e. The summed E-state index contributed by atoms with van der Waals surface area (Å²) in [6.07, 6.45) is 1.86. The van der Waals surface area contributed by atoms with Crippen LogP contribution >= 0.6 is 11.6 Å². The lowest BCUT2D eigenvalue weighted by Gasteiger charge is -2.36. The summed E-state index contributed by atoms with van der Waals surface area (Å²) >= 11 is 6.01. The number of aryl methyl sites for hydroxylation is 1. The molecule has 1 aliphatic heterocycles. The number of anilines is 1. The zero-order valence-corrected chi connectivity index (χ0v) is 11.7. The molecule has 1 aromatic heterocycles. The number of aldehydes is 1. The van der Waals surface area contributed by atoms with E-state index >= 15 is 0 Å². The number of nitrogens with zero attached hydrogens (tertiary/aromatic N) is 3. The maximum atomic E-state index is 11.2. The zero-order chi connectivity index (χ0) is 13.3. The number of piperidine rings is 1. The van der Waals surface area contributed by atoms with Crippen molar-refractivity contribution in [3.63, 3.8) is 0 Å². The maximum absolute atomic E-state index is 11.2. The van der Waals surface area contributed by atoms with Gasteiger partial charge in [0.15, 0.2) is 6.29 Å². The smallest absolute Gasteiger partial charge is 0.156 e. The summed E-state index contributed by atoms with van der Waals surface area (Å²) in [6, 6.07) is 0. The summed E-state index contributed by atoms with van der Waals surface area (Å²) in [7, 11) is 0. The number of hydrogen-bond donors (Lipinski definition) is 0. The lowest BCUT2D eigenvalue weighted by molar-refractivity contribution is 0.112. The van der Waals surface area contributed by atoms with E-state index in [1.165, 1.54) is 0 Å². The van der Waals surface area contributed by atoms with E-state index in [1.54, 1.807) is 6.92 Å². The fourth-order valence-corrected chi connectivity index (χ4v) is 2.58. The molecule has 2 rings (SSSR count). The molecule has 18 heavy (non-hydrogen) atoms. The Bertz CT molecular complexity index is 464. The van der Waals surface area contributed by atoms with Crippen LogP contribution in [0.5, 0.6) is 0 Å². The van der Waals surface area contributed by atoms with Crippen molar-refractivity contribution in [2.24, 2.45) is 11.8 Å². The van der Waals surface area contributed by atoms with E-state index < -0.39 is 0 Å². The number of aromatic nitrogens is 2. The largest absolute Gasteiger partial charge is 0.356 e. The monoisotopic (exact) mass is 267 g/mol. The van der Waals surface area contributed by atoms with Crippen LogP contribution in [0, 0.1) is 18.8 Å². The summed E-state index contributed by atoms with van der Waals surface area (Å²) in [4.78, 5) is 21.7. The predicted octanol–water partition coefficient (Wildman–Crippen LogP) is 2.73. The van der Waals surface area contributed by atoms with Crippen LogP contribution in [0.1, 0.15) is 36.5 Å². The van der Waals surface area contributed by atoms with Crippen molar-refractivity contribution in [3.05, 3.63) is 16.5 Å². The molecule has 5 heteroatoms. The van der Waals surface area contributed by atoms with Crippen molar-refractivity contribution >= 4 is 23.7 Å². The molecule has 0 aliphatic carbocycles. The minimum absolute atomic E-state index is 0.249. The molecule has 0 aromatic carbocycles. The van der Waals surface area contributed by atoms with Gasteiger partial charge in [-0.1, -0.05) is 25.4 Å². The van der Waals surface area contributed by atoms with Gasteiger partial charge >= 0.3 is 0 Å². The second-order valence-electron chi connectivity index (χ2n) is 5.11. The third-order valence-electron chi connectivity index (χ3n) is 3.74. The van der Waals surface area contributed by atoms with Gasteiger partial charge in [-0.15, -0.1) is 0 Å². The zero-order valence-electron chi connectivity index (χ0n) is 11.0. The molecule has 0 N–H and O–H groups in total. The minimum atomic E-state index is 0.249. The molecule has 0 spiro atoms. The third kappa shape index (κ3) is 2.48. The highest BCUT2D eigenvalue weighted by Gasteiger charge is 2.26. The van der Waals surface area contributed by atoms with Crippen LogP contribution in [0.15, 0.2) is 0 Å². The van der Waals surface area contributed by atoms with E-state index in [9.17, 15) is 4.79 Å². The highest BCUT2D eigenvalue weighted by molar-refractivity contribution is 6.32. The Hall–Kier alpha value is -1.16. The predicted molar refractivity (Wildman–Crippen MR) is 72.3 cm³/mol. The van der Waals surface area contributed by atoms with Crippen molar-refractivity contribution in [2.45, 2.75) is 27.2 Å². The van der Waals surface area contributed by atoms with Crippen LogP contribution in [-0.4, -0.2) is 29.3 Å².